The number of hydrogen-bond donors (Lipinski definition) is 0. The van der Waals surface area contributed by atoms with Gasteiger partial charge >= 0.3 is 6.01 Å². The summed E-state index contributed by atoms with van der Waals surface area (Å²) in [5, 5.41) is 0. The van der Waals surface area contributed by atoms with E-state index in [0.717, 1.165) is 24.8 Å². The maximum atomic E-state index is 5.40. The maximum absolute atomic E-state index is 5.40. The Morgan fingerprint density at radius 3 is 2.58 bits per heavy atom. The molecule has 1 heterocycles. The van der Waals surface area contributed by atoms with Crippen LogP contribution in [0.3, 0.4) is 0 Å². The Hall–Kier alpha value is -1.12. The first-order chi connectivity index (χ1) is 5.88. The molecule has 0 radical (unpaired) electrons. The first-order valence-corrected chi connectivity index (χ1v) is 4.36. The number of aryl methyl sites for hydroxylation is 1. The fourth-order valence-electron chi connectivity index (χ4n) is 0.921. The molecular formula is C9H12N2O. The molecule has 1 aliphatic rings. The molecule has 0 N–H and O–H groups in total. The lowest BCUT2D eigenvalue weighted by molar-refractivity contribution is 0.278. The third-order valence-electron chi connectivity index (χ3n) is 1.89. The van der Waals surface area contributed by atoms with Gasteiger partial charge in [0.05, 0.1) is 0 Å². The molecule has 1 saturated carbocycles. The first kappa shape index (κ1) is 7.53. The summed E-state index contributed by atoms with van der Waals surface area (Å²) in [4.78, 5) is 8.19. The van der Waals surface area contributed by atoms with Crippen LogP contribution in [0.15, 0.2) is 12.4 Å². The van der Waals surface area contributed by atoms with E-state index >= 15 is 0 Å². The second-order valence-corrected chi connectivity index (χ2v) is 3.04. The van der Waals surface area contributed by atoms with Crippen molar-refractivity contribution in [3.8, 4) is 6.01 Å². The van der Waals surface area contributed by atoms with Gasteiger partial charge in [-0.3, -0.25) is 0 Å². The summed E-state index contributed by atoms with van der Waals surface area (Å²) < 4.78 is 5.40. The largest absolute Gasteiger partial charge is 0.460 e. The molecule has 3 heteroatoms. The highest BCUT2D eigenvalue weighted by Crippen LogP contribution is 2.24. The zero-order valence-electron chi connectivity index (χ0n) is 7.16. The molecule has 0 unspecified atom stereocenters. The predicted octanol–water partition coefficient (Wildman–Crippen LogP) is 1.58. The van der Waals surface area contributed by atoms with E-state index in [0.29, 0.717) is 12.1 Å². The molecule has 2 rings (SSSR count). The highest BCUT2D eigenvalue weighted by Gasteiger charge is 2.24. The Balaban J connectivity index is 2.02. The lowest BCUT2D eigenvalue weighted by Gasteiger charge is -2.01. The van der Waals surface area contributed by atoms with E-state index in [9.17, 15) is 0 Å². The summed E-state index contributed by atoms with van der Waals surface area (Å²) >= 11 is 0. The van der Waals surface area contributed by atoms with E-state index in [2.05, 4.69) is 16.9 Å². The zero-order valence-corrected chi connectivity index (χ0v) is 7.16. The summed E-state index contributed by atoms with van der Waals surface area (Å²) in [6.07, 6.45) is 7.31. The Kier molecular flexibility index (Phi) is 1.94. The van der Waals surface area contributed by atoms with Gasteiger partial charge in [0, 0.05) is 12.4 Å². The smallest absolute Gasteiger partial charge is 0.316 e. The minimum absolute atomic E-state index is 0.387. The van der Waals surface area contributed by atoms with Crippen molar-refractivity contribution >= 4 is 0 Å². The Morgan fingerprint density at radius 2 is 2.08 bits per heavy atom. The van der Waals surface area contributed by atoms with Crippen LogP contribution in [0.1, 0.15) is 25.3 Å². The fraction of sp³-hybridized carbons (Fsp3) is 0.556. The van der Waals surface area contributed by atoms with E-state index in [1.807, 2.05) is 12.4 Å². The van der Waals surface area contributed by atoms with Crippen LogP contribution in [0.4, 0.5) is 0 Å². The van der Waals surface area contributed by atoms with E-state index < -0.39 is 0 Å². The number of hydrogen-bond acceptors (Lipinski definition) is 3. The molecular weight excluding hydrogens is 152 g/mol. The van der Waals surface area contributed by atoms with Crippen LogP contribution in [0.25, 0.3) is 0 Å². The van der Waals surface area contributed by atoms with Crippen molar-refractivity contribution in [2.45, 2.75) is 32.3 Å². The highest BCUT2D eigenvalue weighted by molar-refractivity contribution is 5.07. The van der Waals surface area contributed by atoms with Crippen LogP contribution < -0.4 is 4.74 Å². The van der Waals surface area contributed by atoms with Crippen molar-refractivity contribution in [1.82, 2.24) is 9.97 Å². The van der Waals surface area contributed by atoms with Gasteiger partial charge in [-0.1, -0.05) is 6.92 Å². The van der Waals surface area contributed by atoms with Gasteiger partial charge in [-0.15, -0.1) is 0 Å². The summed E-state index contributed by atoms with van der Waals surface area (Å²) in [5.74, 6) is 0. The van der Waals surface area contributed by atoms with Gasteiger partial charge in [-0.2, -0.15) is 0 Å². The number of ether oxygens (including phenoxy) is 1. The van der Waals surface area contributed by atoms with Crippen LogP contribution in [-0.2, 0) is 6.42 Å². The summed E-state index contributed by atoms with van der Waals surface area (Å²) in [6, 6.07) is 0.523. The number of aromatic nitrogens is 2. The first-order valence-electron chi connectivity index (χ1n) is 4.36. The predicted molar refractivity (Wildman–Crippen MR) is 45.1 cm³/mol. The van der Waals surface area contributed by atoms with Crippen molar-refractivity contribution in [3.05, 3.63) is 18.0 Å². The van der Waals surface area contributed by atoms with Gasteiger partial charge in [0.25, 0.3) is 0 Å². The third kappa shape index (κ3) is 1.72. The molecule has 1 fully saturated rings. The van der Waals surface area contributed by atoms with Crippen molar-refractivity contribution in [2.75, 3.05) is 0 Å². The SMILES string of the molecule is CCc1cnc(OC2CC2)nc1. The monoisotopic (exact) mass is 164 g/mol. The van der Waals surface area contributed by atoms with Crippen LogP contribution in [0, 0.1) is 0 Å². The van der Waals surface area contributed by atoms with E-state index in [4.69, 9.17) is 4.74 Å². The van der Waals surface area contributed by atoms with Crippen molar-refractivity contribution in [2.24, 2.45) is 0 Å². The van der Waals surface area contributed by atoms with Crippen LogP contribution >= 0.6 is 0 Å². The molecule has 1 aromatic rings. The average molecular weight is 164 g/mol. The third-order valence-corrected chi connectivity index (χ3v) is 1.89. The average Bonchev–Trinajstić information content (AvgIpc) is 2.90. The van der Waals surface area contributed by atoms with Gasteiger partial charge in [0.15, 0.2) is 0 Å². The van der Waals surface area contributed by atoms with E-state index in [1.54, 1.807) is 0 Å². The Bertz CT molecular complexity index is 254. The van der Waals surface area contributed by atoms with Crippen LogP contribution in [0.2, 0.25) is 0 Å². The number of rotatable bonds is 3. The van der Waals surface area contributed by atoms with Crippen molar-refractivity contribution in [1.29, 1.82) is 0 Å². The molecule has 0 aliphatic heterocycles. The van der Waals surface area contributed by atoms with Gasteiger partial charge in [0.1, 0.15) is 6.10 Å². The summed E-state index contributed by atoms with van der Waals surface area (Å²) in [5.41, 5.74) is 1.15. The minimum Gasteiger partial charge on any atom is -0.460 e. The second-order valence-electron chi connectivity index (χ2n) is 3.04. The van der Waals surface area contributed by atoms with E-state index in [-0.39, 0.29) is 0 Å². The molecule has 0 atom stereocenters. The molecule has 0 spiro atoms. The molecule has 64 valence electrons. The molecule has 1 aliphatic carbocycles. The lowest BCUT2D eigenvalue weighted by Crippen LogP contribution is -2.00. The minimum atomic E-state index is 0.387. The molecule has 0 amide bonds. The summed E-state index contributed by atoms with van der Waals surface area (Å²) in [6.45, 7) is 2.08. The summed E-state index contributed by atoms with van der Waals surface area (Å²) in [7, 11) is 0. The quantitative estimate of drug-likeness (QED) is 0.680. The van der Waals surface area contributed by atoms with Crippen molar-refractivity contribution in [3.63, 3.8) is 0 Å². The van der Waals surface area contributed by atoms with Gasteiger partial charge in [-0.25, -0.2) is 9.97 Å². The van der Waals surface area contributed by atoms with Gasteiger partial charge in [0.2, 0.25) is 0 Å². The van der Waals surface area contributed by atoms with E-state index in [1.165, 1.54) is 0 Å². The molecule has 12 heavy (non-hydrogen) atoms. The normalized spacial score (nSPS) is 16.1. The standard InChI is InChI=1S/C9H12N2O/c1-2-7-5-10-9(11-6-7)12-8-3-4-8/h5-6,8H,2-4H2,1H3. The fourth-order valence-corrected chi connectivity index (χ4v) is 0.921. The van der Waals surface area contributed by atoms with Gasteiger partial charge in [-0.05, 0) is 24.8 Å². The van der Waals surface area contributed by atoms with Crippen molar-refractivity contribution < 1.29 is 4.74 Å². The van der Waals surface area contributed by atoms with Crippen LogP contribution in [0.5, 0.6) is 6.01 Å². The highest BCUT2D eigenvalue weighted by atomic mass is 16.5. The number of nitrogens with zero attached hydrogens (tertiary/aromatic N) is 2. The van der Waals surface area contributed by atoms with Gasteiger partial charge < -0.3 is 4.74 Å². The molecule has 0 saturated heterocycles. The topological polar surface area (TPSA) is 35.0 Å². The molecule has 1 aromatic heterocycles. The molecule has 0 aromatic carbocycles. The molecule has 0 bridgehead atoms. The lowest BCUT2D eigenvalue weighted by atomic mass is 10.3. The Morgan fingerprint density at radius 1 is 1.42 bits per heavy atom. The maximum Gasteiger partial charge on any atom is 0.316 e. The second kappa shape index (κ2) is 3.09. The zero-order chi connectivity index (χ0) is 8.39. The Labute approximate surface area is 71.8 Å². The van der Waals surface area contributed by atoms with Crippen LogP contribution in [-0.4, -0.2) is 16.1 Å². The molecule has 3 nitrogen and oxygen atoms in total.